The normalized spacial score (nSPS) is 27.2. The van der Waals surface area contributed by atoms with Crippen molar-refractivity contribution in [3.05, 3.63) is 41.3 Å². The summed E-state index contributed by atoms with van der Waals surface area (Å²) in [6.45, 7) is 3.73. The maximum atomic E-state index is 2.59. The minimum Gasteiger partial charge on any atom is -0.299 e. The smallest absolute Gasteiger partial charge is 0.0349 e. The van der Waals surface area contributed by atoms with Gasteiger partial charge in [0.2, 0.25) is 0 Å². The summed E-state index contributed by atoms with van der Waals surface area (Å²) in [5.41, 5.74) is 1.62. The average molecular weight is 255 g/mol. The van der Waals surface area contributed by atoms with Crippen LogP contribution in [0.15, 0.2) is 36.4 Å². The Kier molecular flexibility index (Phi) is 2.52. The van der Waals surface area contributed by atoms with E-state index in [0.717, 1.165) is 12.5 Å². The summed E-state index contributed by atoms with van der Waals surface area (Å²) in [6, 6.07) is 11.1. The molecule has 1 nitrogen and oxygen atoms in total. The molecule has 2 aromatic rings. The molecule has 0 amide bonds. The SMILES string of the molecule is C1=C(c2cc3ccccc3s2)C2CCCN(C1)C2. The largest absolute Gasteiger partial charge is 0.299 e. The standard InChI is InChI=1S/C16H17NS/c1-2-6-15-12(4-1)10-16(18-15)14-7-9-17-8-3-5-13(14)11-17/h1-2,4,6-7,10,13H,3,5,8-9,11H2. The van der Waals surface area contributed by atoms with Gasteiger partial charge in [0, 0.05) is 22.7 Å². The molecule has 1 aromatic heterocycles. The Morgan fingerprint density at radius 1 is 1.22 bits per heavy atom. The second kappa shape index (κ2) is 4.22. The first-order valence-corrected chi connectivity index (χ1v) is 7.63. The molecule has 4 rings (SSSR count). The summed E-state index contributed by atoms with van der Waals surface area (Å²) in [6.07, 6.45) is 5.21. The van der Waals surface area contributed by atoms with Crippen LogP contribution in [-0.4, -0.2) is 24.5 Å². The van der Waals surface area contributed by atoms with Crippen LogP contribution < -0.4 is 0 Å². The zero-order chi connectivity index (χ0) is 11.9. The van der Waals surface area contributed by atoms with E-state index in [1.807, 2.05) is 11.3 Å². The highest BCUT2D eigenvalue weighted by atomic mass is 32.1. The van der Waals surface area contributed by atoms with Gasteiger partial charge in [-0.15, -0.1) is 11.3 Å². The van der Waals surface area contributed by atoms with E-state index in [1.54, 1.807) is 5.57 Å². The summed E-state index contributed by atoms with van der Waals surface area (Å²) < 4.78 is 1.42. The third kappa shape index (κ3) is 1.72. The number of thiophene rings is 1. The van der Waals surface area contributed by atoms with Crippen LogP contribution in [0.25, 0.3) is 15.7 Å². The van der Waals surface area contributed by atoms with E-state index in [1.165, 1.54) is 40.9 Å². The lowest BCUT2D eigenvalue weighted by Gasteiger charge is -2.37. The van der Waals surface area contributed by atoms with Crippen molar-refractivity contribution in [3.8, 4) is 0 Å². The van der Waals surface area contributed by atoms with Gasteiger partial charge < -0.3 is 0 Å². The summed E-state index contributed by atoms with van der Waals surface area (Å²) in [7, 11) is 0. The van der Waals surface area contributed by atoms with Gasteiger partial charge >= 0.3 is 0 Å². The van der Waals surface area contributed by atoms with Crippen LogP contribution in [0.5, 0.6) is 0 Å². The van der Waals surface area contributed by atoms with Crippen molar-refractivity contribution in [1.82, 2.24) is 4.90 Å². The minimum absolute atomic E-state index is 0.778. The molecule has 2 aliphatic heterocycles. The van der Waals surface area contributed by atoms with Crippen LogP contribution in [0, 0.1) is 5.92 Å². The van der Waals surface area contributed by atoms with Crippen molar-refractivity contribution in [1.29, 1.82) is 0 Å². The molecule has 2 aliphatic rings. The highest BCUT2D eigenvalue weighted by molar-refractivity contribution is 7.20. The molecule has 1 saturated heterocycles. The first kappa shape index (κ1) is 10.8. The Morgan fingerprint density at radius 2 is 2.17 bits per heavy atom. The van der Waals surface area contributed by atoms with Crippen molar-refractivity contribution in [2.24, 2.45) is 5.92 Å². The topological polar surface area (TPSA) is 3.24 Å². The number of benzene rings is 1. The molecule has 92 valence electrons. The van der Waals surface area contributed by atoms with Crippen LogP contribution in [0.3, 0.4) is 0 Å². The van der Waals surface area contributed by atoms with Crippen LogP contribution in [-0.2, 0) is 0 Å². The first-order valence-electron chi connectivity index (χ1n) is 6.81. The van der Waals surface area contributed by atoms with Gasteiger partial charge in [0.15, 0.2) is 0 Å². The molecule has 1 fully saturated rings. The molecule has 0 aliphatic carbocycles. The van der Waals surface area contributed by atoms with Gasteiger partial charge in [-0.1, -0.05) is 24.3 Å². The Morgan fingerprint density at radius 3 is 3.11 bits per heavy atom. The maximum Gasteiger partial charge on any atom is 0.0349 e. The maximum absolute atomic E-state index is 2.59. The van der Waals surface area contributed by atoms with Gasteiger partial charge in [0.05, 0.1) is 0 Å². The molecule has 1 aromatic carbocycles. The number of hydrogen-bond donors (Lipinski definition) is 0. The molecule has 0 N–H and O–H groups in total. The molecule has 0 spiro atoms. The third-order valence-corrected chi connectivity index (χ3v) is 5.39. The number of rotatable bonds is 1. The second-order valence-corrected chi connectivity index (χ2v) is 6.49. The lowest BCUT2D eigenvalue weighted by molar-refractivity contribution is 0.209. The fourth-order valence-corrected chi connectivity index (χ4v) is 4.48. The van der Waals surface area contributed by atoms with E-state index in [2.05, 4.69) is 41.3 Å². The summed E-state index contributed by atoms with van der Waals surface area (Å²) in [5, 5.41) is 1.40. The van der Waals surface area contributed by atoms with Crippen molar-refractivity contribution in [3.63, 3.8) is 0 Å². The predicted octanol–water partition coefficient (Wildman–Crippen LogP) is 4.01. The van der Waals surface area contributed by atoms with Gasteiger partial charge in [0.1, 0.15) is 0 Å². The van der Waals surface area contributed by atoms with Crippen LogP contribution in [0.4, 0.5) is 0 Å². The molecule has 0 saturated carbocycles. The van der Waals surface area contributed by atoms with Gasteiger partial charge in [-0.05, 0) is 48.4 Å². The molecule has 2 heteroatoms. The number of nitrogens with zero attached hydrogens (tertiary/aromatic N) is 1. The molecule has 0 radical (unpaired) electrons. The number of piperidine rings is 1. The molecule has 18 heavy (non-hydrogen) atoms. The number of hydrogen-bond acceptors (Lipinski definition) is 2. The van der Waals surface area contributed by atoms with Crippen LogP contribution >= 0.6 is 11.3 Å². The first-order chi connectivity index (χ1) is 8.90. The van der Waals surface area contributed by atoms with E-state index in [-0.39, 0.29) is 0 Å². The quantitative estimate of drug-likeness (QED) is 0.744. The van der Waals surface area contributed by atoms with Gasteiger partial charge in [-0.3, -0.25) is 4.90 Å². The monoisotopic (exact) mass is 255 g/mol. The molecule has 2 atom stereocenters. The van der Waals surface area contributed by atoms with Crippen LogP contribution in [0.1, 0.15) is 17.7 Å². The van der Waals surface area contributed by atoms with Gasteiger partial charge in [0.25, 0.3) is 0 Å². The minimum atomic E-state index is 0.778. The fraction of sp³-hybridized carbons (Fsp3) is 0.375. The summed E-state index contributed by atoms with van der Waals surface area (Å²) in [4.78, 5) is 4.09. The van der Waals surface area contributed by atoms with E-state index >= 15 is 0 Å². The Bertz CT molecular complexity index is 577. The molecule has 2 unspecified atom stereocenters. The zero-order valence-electron chi connectivity index (χ0n) is 10.4. The van der Waals surface area contributed by atoms with E-state index in [0.29, 0.717) is 0 Å². The Balaban J connectivity index is 1.77. The zero-order valence-corrected chi connectivity index (χ0v) is 11.2. The van der Waals surface area contributed by atoms with E-state index < -0.39 is 0 Å². The lowest BCUT2D eigenvalue weighted by atomic mass is 9.86. The van der Waals surface area contributed by atoms with E-state index in [4.69, 9.17) is 0 Å². The van der Waals surface area contributed by atoms with E-state index in [9.17, 15) is 0 Å². The summed E-state index contributed by atoms with van der Waals surface area (Å²) >= 11 is 1.96. The number of fused-ring (bicyclic) bond motifs is 3. The summed E-state index contributed by atoms with van der Waals surface area (Å²) in [5.74, 6) is 0.778. The van der Waals surface area contributed by atoms with Crippen molar-refractivity contribution >= 4 is 27.0 Å². The third-order valence-electron chi connectivity index (χ3n) is 4.22. The van der Waals surface area contributed by atoms with Gasteiger partial charge in [-0.25, -0.2) is 0 Å². The van der Waals surface area contributed by atoms with Gasteiger partial charge in [-0.2, -0.15) is 0 Å². The fourth-order valence-electron chi connectivity index (χ4n) is 3.30. The second-order valence-electron chi connectivity index (χ2n) is 5.41. The molecular formula is C16H17NS. The van der Waals surface area contributed by atoms with Crippen molar-refractivity contribution in [2.75, 3.05) is 19.6 Å². The Hall–Kier alpha value is -1.12. The highest BCUT2D eigenvalue weighted by Crippen LogP contribution is 2.39. The molecule has 3 heterocycles. The molecule has 2 bridgehead atoms. The van der Waals surface area contributed by atoms with Crippen molar-refractivity contribution < 1.29 is 0 Å². The highest BCUT2D eigenvalue weighted by Gasteiger charge is 2.27. The van der Waals surface area contributed by atoms with Crippen molar-refractivity contribution in [2.45, 2.75) is 12.8 Å². The average Bonchev–Trinajstić information content (AvgIpc) is 2.82. The predicted molar refractivity (Wildman–Crippen MR) is 79.0 cm³/mol. The van der Waals surface area contributed by atoms with Crippen LogP contribution in [0.2, 0.25) is 0 Å². The lowest BCUT2D eigenvalue weighted by Crippen LogP contribution is -2.39. The molecular weight excluding hydrogens is 238 g/mol. The Labute approximate surface area is 112 Å².